The van der Waals surface area contributed by atoms with Crippen LogP contribution in [0.15, 0.2) is 42.5 Å². The molecule has 4 heteroatoms. The molecule has 2 heterocycles. The van der Waals surface area contributed by atoms with E-state index >= 15 is 0 Å². The molecule has 2 aliphatic rings. The third kappa shape index (κ3) is 1.66. The first-order chi connectivity index (χ1) is 11.7. The lowest BCUT2D eigenvalue weighted by Crippen LogP contribution is -2.07. The van der Waals surface area contributed by atoms with Gasteiger partial charge in [-0.3, -0.25) is 0 Å². The average molecular weight is 320 g/mol. The summed E-state index contributed by atoms with van der Waals surface area (Å²) in [7, 11) is 1.64. The maximum absolute atomic E-state index is 10.6. The van der Waals surface area contributed by atoms with Crippen molar-refractivity contribution in [2.45, 2.75) is 19.3 Å². The van der Waals surface area contributed by atoms with Crippen LogP contribution in [0.3, 0.4) is 0 Å². The fourth-order valence-corrected chi connectivity index (χ4v) is 3.86. The molecular weight excluding hydrogens is 304 g/mol. The lowest BCUT2D eigenvalue weighted by Gasteiger charge is -2.19. The Morgan fingerprint density at radius 3 is 2.79 bits per heavy atom. The van der Waals surface area contributed by atoms with Crippen LogP contribution in [0.2, 0.25) is 0 Å². The number of hydrogen-bond donors (Lipinski definition) is 1. The molecule has 0 fully saturated rings. The molecule has 0 aliphatic carbocycles. The second-order valence-electron chi connectivity index (χ2n) is 6.29. The molecule has 0 saturated heterocycles. The summed E-state index contributed by atoms with van der Waals surface area (Å²) in [6, 6.07) is 13.6. The van der Waals surface area contributed by atoms with E-state index in [1.54, 1.807) is 13.2 Å². The molecule has 0 aromatic heterocycles. The van der Waals surface area contributed by atoms with Crippen LogP contribution in [0, 0.1) is 6.92 Å². The highest BCUT2D eigenvalue weighted by Crippen LogP contribution is 2.54. The van der Waals surface area contributed by atoms with Gasteiger partial charge in [0.25, 0.3) is 0 Å². The highest BCUT2D eigenvalue weighted by molar-refractivity contribution is 5.95. The van der Waals surface area contributed by atoms with Gasteiger partial charge in [-0.05, 0) is 41.6 Å². The molecule has 0 radical (unpaired) electrons. The highest BCUT2D eigenvalue weighted by Gasteiger charge is 2.41. The first-order valence-electron chi connectivity index (χ1n) is 7.92. The minimum atomic E-state index is -0.544. The quantitative estimate of drug-likeness (QED) is 0.723. The number of ether oxygens (including phenoxy) is 3. The van der Waals surface area contributed by atoms with Gasteiger partial charge in [0.2, 0.25) is 6.29 Å². The monoisotopic (exact) mass is 320 g/mol. The number of rotatable bonds is 1. The fourth-order valence-electron chi connectivity index (χ4n) is 3.86. The second-order valence-corrected chi connectivity index (χ2v) is 6.29. The van der Waals surface area contributed by atoms with E-state index in [1.165, 1.54) is 0 Å². The Labute approximate surface area is 139 Å². The second kappa shape index (κ2) is 4.65. The Morgan fingerprint density at radius 2 is 1.96 bits per heavy atom. The van der Waals surface area contributed by atoms with E-state index < -0.39 is 6.29 Å². The van der Waals surface area contributed by atoms with Crippen LogP contribution in [-0.2, 0) is 4.74 Å². The zero-order valence-corrected chi connectivity index (χ0v) is 13.4. The van der Waals surface area contributed by atoms with E-state index in [4.69, 9.17) is 14.2 Å². The van der Waals surface area contributed by atoms with Crippen molar-refractivity contribution in [3.8, 4) is 17.2 Å². The lowest BCUT2D eigenvalue weighted by atomic mass is 9.91. The molecule has 2 aliphatic heterocycles. The molecule has 0 unspecified atom stereocenters. The largest absolute Gasteiger partial charge is 0.508 e. The van der Waals surface area contributed by atoms with Gasteiger partial charge in [0.1, 0.15) is 23.4 Å². The van der Waals surface area contributed by atoms with E-state index in [1.807, 2.05) is 37.3 Å². The molecule has 2 atom stereocenters. The molecule has 24 heavy (non-hydrogen) atoms. The number of benzene rings is 3. The highest BCUT2D eigenvalue weighted by atomic mass is 16.7. The Bertz CT molecular complexity index is 993. The van der Waals surface area contributed by atoms with Gasteiger partial charge in [-0.25, -0.2) is 0 Å². The predicted molar refractivity (Wildman–Crippen MR) is 89.6 cm³/mol. The maximum atomic E-state index is 10.6. The predicted octanol–water partition coefficient (Wildman–Crippen LogP) is 4.37. The number of phenols is 1. The van der Waals surface area contributed by atoms with Gasteiger partial charge < -0.3 is 19.3 Å². The number of fused-ring (bicyclic) bond motifs is 6. The van der Waals surface area contributed by atoms with Gasteiger partial charge in [-0.1, -0.05) is 24.3 Å². The molecule has 0 spiro atoms. The molecule has 3 aromatic carbocycles. The SMILES string of the molecule is COc1cccc2c1[C@H]1Oc3cc(C)cc4ccc(O)c(c34)[C@@H]2O1. The molecule has 0 saturated carbocycles. The first kappa shape index (κ1) is 13.7. The third-order valence-corrected chi connectivity index (χ3v) is 4.84. The van der Waals surface area contributed by atoms with Crippen LogP contribution in [0.25, 0.3) is 10.8 Å². The van der Waals surface area contributed by atoms with Crippen LogP contribution in [0.1, 0.15) is 34.6 Å². The van der Waals surface area contributed by atoms with Crippen molar-refractivity contribution in [1.82, 2.24) is 0 Å². The third-order valence-electron chi connectivity index (χ3n) is 4.84. The van der Waals surface area contributed by atoms with Gasteiger partial charge in [-0.2, -0.15) is 0 Å². The van der Waals surface area contributed by atoms with Gasteiger partial charge in [0, 0.05) is 10.9 Å². The first-order valence-corrected chi connectivity index (χ1v) is 7.92. The van der Waals surface area contributed by atoms with Gasteiger partial charge in [-0.15, -0.1) is 0 Å². The normalized spacial score (nSPS) is 20.4. The summed E-state index contributed by atoms with van der Waals surface area (Å²) >= 11 is 0. The van der Waals surface area contributed by atoms with E-state index in [2.05, 4.69) is 6.07 Å². The standard InChI is InChI=1S/C20H16O4/c1-10-8-11-6-7-13(21)18-16(11)15(9-10)23-20-17-12(19(18)24-20)4-3-5-14(17)22-2/h3-9,19-21H,1-2H3/t19-,20+/m1/s1. The minimum absolute atomic E-state index is 0.220. The number of aryl methyl sites for hydroxylation is 1. The van der Waals surface area contributed by atoms with Crippen molar-refractivity contribution >= 4 is 10.8 Å². The summed E-state index contributed by atoms with van der Waals surface area (Å²) in [5, 5.41) is 12.5. The van der Waals surface area contributed by atoms with Crippen LogP contribution in [0.4, 0.5) is 0 Å². The van der Waals surface area contributed by atoms with Crippen molar-refractivity contribution in [1.29, 1.82) is 0 Å². The van der Waals surface area contributed by atoms with E-state index in [9.17, 15) is 5.11 Å². The summed E-state index contributed by atoms with van der Waals surface area (Å²) in [5.41, 5.74) is 3.74. The van der Waals surface area contributed by atoms with Crippen molar-refractivity contribution in [2.24, 2.45) is 0 Å². The smallest absolute Gasteiger partial charge is 0.231 e. The van der Waals surface area contributed by atoms with Crippen LogP contribution in [-0.4, -0.2) is 12.2 Å². The Hall–Kier alpha value is -2.72. The number of phenolic OH excluding ortho intramolecular Hbond substituents is 1. The molecule has 4 nitrogen and oxygen atoms in total. The van der Waals surface area contributed by atoms with Crippen LogP contribution < -0.4 is 9.47 Å². The molecule has 5 rings (SSSR count). The number of hydrogen-bond acceptors (Lipinski definition) is 4. The van der Waals surface area contributed by atoms with Gasteiger partial charge in [0.15, 0.2) is 0 Å². The van der Waals surface area contributed by atoms with E-state index in [0.29, 0.717) is 0 Å². The summed E-state index contributed by atoms with van der Waals surface area (Å²) in [5.74, 6) is 1.69. The summed E-state index contributed by atoms with van der Waals surface area (Å²) in [6.07, 6.45) is -0.911. The Balaban J connectivity index is 1.89. The number of methoxy groups -OCH3 is 1. The fraction of sp³-hybridized carbons (Fsp3) is 0.200. The van der Waals surface area contributed by atoms with Crippen molar-refractivity contribution in [3.05, 3.63) is 64.7 Å². The maximum Gasteiger partial charge on any atom is 0.231 e. The molecule has 1 N–H and O–H groups in total. The van der Waals surface area contributed by atoms with Gasteiger partial charge in [0.05, 0.1) is 12.7 Å². The molecular formula is C20H16O4. The Morgan fingerprint density at radius 1 is 1.08 bits per heavy atom. The molecule has 3 aromatic rings. The summed E-state index contributed by atoms with van der Waals surface area (Å²) < 4.78 is 17.9. The topological polar surface area (TPSA) is 47.9 Å². The van der Waals surface area contributed by atoms with Crippen molar-refractivity contribution < 1.29 is 19.3 Å². The zero-order chi connectivity index (χ0) is 16.4. The van der Waals surface area contributed by atoms with E-state index in [-0.39, 0.29) is 11.9 Å². The average Bonchev–Trinajstić information content (AvgIpc) is 2.83. The van der Waals surface area contributed by atoms with E-state index in [0.717, 1.165) is 44.5 Å². The molecule has 0 amide bonds. The number of aromatic hydroxyl groups is 1. The lowest BCUT2D eigenvalue weighted by molar-refractivity contribution is -0.0866. The summed E-state index contributed by atoms with van der Waals surface area (Å²) in [6.45, 7) is 2.03. The molecule has 2 bridgehead atoms. The summed E-state index contributed by atoms with van der Waals surface area (Å²) in [4.78, 5) is 0. The van der Waals surface area contributed by atoms with Crippen LogP contribution in [0.5, 0.6) is 17.2 Å². The van der Waals surface area contributed by atoms with Crippen molar-refractivity contribution in [3.63, 3.8) is 0 Å². The van der Waals surface area contributed by atoms with Crippen LogP contribution >= 0.6 is 0 Å². The Kier molecular flexibility index (Phi) is 2.65. The van der Waals surface area contributed by atoms with Gasteiger partial charge >= 0.3 is 0 Å². The van der Waals surface area contributed by atoms with Crippen molar-refractivity contribution in [2.75, 3.05) is 7.11 Å². The minimum Gasteiger partial charge on any atom is -0.508 e. The molecule has 120 valence electrons. The zero-order valence-electron chi connectivity index (χ0n) is 13.4.